The van der Waals surface area contributed by atoms with Gasteiger partial charge in [-0.05, 0) is 72.2 Å². The van der Waals surface area contributed by atoms with Crippen LogP contribution in [0.5, 0.6) is 23.0 Å². The van der Waals surface area contributed by atoms with Gasteiger partial charge in [0, 0.05) is 59.3 Å². The van der Waals surface area contributed by atoms with Gasteiger partial charge < -0.3 is 29.6 Å². The SMILES string of the molecule is CCCOc1c2cccc1Cc1cc(NC(=O)C(Cl)Cl)cc(c1OCCC)Cc1cccc(c1OCCC)Cc1cc(NC(=O)C(Cl)Cl)cc(c1OCCC)C2. The minimum absolute atomic E-state index is 0.431. The van der Waals surface area contributed by atoms with E-state index in [2.05, 4.69) is 62.6 Å². The highest BCUT2D eigenvalue weighted by Crippen LogP contribution is 2.41. The smallest absolute Gasteiger partial charge is 0.257 e. The lowest BCUT2D eigenvalue weighted by Gasteiger charge is -2.24. The molecule has 2 amide bonds. The van der Waals surface area contributed by atoms with Gasteiger partial charge in [0.15, 0.2) is 9.67 Å². The molecule has 1 aliphatic carbocycles. The maximum Gasteiger partial charge on any atom is 0.257 e. The summed E-state index contributed by atoms with van der Waals surface area (Å²) in [5.41, 5.74) is 8.30. The predicted octanol–water partition coefficient (Wildman–Crippen LogP) is 11.0. The third kappa shape index (κ3) is 11.2. The number of fused-ring (bicyclic) bond motifs is 8. The Bertz CT molecular complexity index is 1750. The van der Waals surface area contributed by atoms with Crippen molar-refractivity contribution in [2.75, 3.05) is 37.1 Å². The average Bonchev–Trinajstić information content (AvgIpc) is 3.16. The van der Waals surface area contributed by atoms with Crippen molar-refractivity contribution in [3.05, 3.63) is 105 Å². The van der Waals surface area contributed by atoms with Crippen LogP contribution in [0.15, 0.2) is 60.7 Å². The Morgan fingerprint density at radius 3 is 0.964 bits per heavy atom. The number of alkyl halides is 4. The molecule has 1 aliphatic rings. The number of carbonyl (C=O) groups excluding carboxylic acids is 2. The number of carbonyl (C=O) groups is 2. The molecule has 4 aromatic carbocycles. The second-order valence-corrected chi connectivity index (χ2v) is 15.9. The Labute approximate surface area is 350 Å². The molecule has 0 saturated heterocycles. The summed E-state index contributed by atoms with van der Waals surface area (Å²) in [6.07, 6.45) is 4.93. The summed E-state index contributed by atoms with van der Waals surface area (Å²) in [7, 11) is 0. The molecule has 12 heteroatoms. The van der Waals surface area contributed by atoms with E-state index in [4.69, 9.17) is 65.4 Å². The number of halogens is 4. The van der Waals surface area contributed by atoms with Crippen molar-refractivity contribution in [3.63, 3.8) is 0 Å². The fourth-order valence-electron chi connectivity index (χ4n) is 6.78. The van der Waals surface area contributed by atoms with Crippen LogP contribution >= 0.6 is 46.4 Å². The van der Waals surface area contributed by atoms with E-state index in [9.17, 15) is 9.59 Å². The zero-order valence-corrected chi connectivity index (χ0v) is 35.4. The van der Waals surface area contributed by atoms with Gasteiger partial charge in [0.05, 0.1) is 26.4 Å². The minimum Gasteiger partial charge on any atom is -0.493 e. The van der Waals surface area contributed by atoms with E-state index >= 15 is 0 Å². The molecule has 0 heterocycles. The maximum absolute atomic E-state index is 12.9. The van der Waals surface area contributed by atoms with Crippen molar-refractivity contribution < 1.29 is 28.5 Å². The van der Waals surface area contributed by atoms with Crippen LogP contribution in [0, 0.1) is 0 Å². The minimum atomic E-state index is -1.25. The first kappa shape index (κ1) is 43.3. The molecule has 0 atom stereocenters. The monoisotopic (exact) mass is 842 g/mol. The number of amides is 2. The molecular formula is C44H50Cl4N2O6. The van der Waals surface area contributed by atoms with Crippen LogP contribution in [0.25, 0.3) is 0 Å². The van der Waals surface area contributed by atoms with E-state index in [1.165, 1.54) is 0 Å². The summed E-state index contributed by atoms with van der Waals surface area (Å²) in [6.45, 7) is 10.3. The first-order chi connectivity index (χ1) is 27.1. The van der Waals surface area contributed by atoms with Gasteiger partial charge in [-0.2, -0.15) is 0 Å². The summed E-state index contributed by atoms with van der Waals surface area (Å²) in [5, 5.41) is 5.82. The molecule has 0 aliphatic heterocycles. The lowest BCUT2D eigenvalue weighted by Crippen LogP contribution is -2.19. The summed E-state index contributed by atoms with van der Waals surface area (Å²) >= 11 is 24.0. The van der Waals surface area contributed by atoms with Crippen LogP contribution in [0.1, 0.15) is 97.9 Å². The molecule has 56 heavy (non-hydrogen) atoms. The van der Waals surface area contributed by atoms with Crippen molar-refractivity contribution >= 4 is 69.6 Å². The van der Waals surface area contributed by atoms with Crippen LogP contribution in [0.3, 0.4) is 0 Å². The molecular weight excluding hydrogens is 794 g/mol. The van der Waals surface area contributed by atoms with E-state index < -0.39 is 21.5 Å². The van der Waals surface area contributed by atoms with Crippen LogP contribution in [0.4, 0.5) is 11.4 Å². The Kier molecular flexibility index (Phi) is 16.3. The molecule has 4 aromatic rings. The predicted molar refractivity (Wildman–Crippen MR) is 228 cm³/mol. The van der Waals surface area contributed by atoms with Crippen LogP contribution in [-0.4, -0.2) is 47.9 Å². The molecule has 0 fully saturated rings. The van der Waals surface area contributed by atoms with Gasteiger partial charge in [-0.25, -0.2) is 0 Å². The molecule has 0 radical (unpaired) electrons. The number of benzene rings is 4. The summed E-state index contributed by atoms with van der Waals surface area (Å²) in [6, 6.07) is 19.9. The van der Waals surface area contributed by atoms with E-state index in [-0.39, 0.29) is 0 Å². The van der Waals surface area contributed by atoms with E-state index in [0.717, 1.165) is 93.2 Å². The Balaban J connectivity index is 1.84. The third-order valence-electron chi connectivity index (χ3n) is 9.10. The van der Waals surface area contributed by atoms with Gasteiger partial charge in [0.2, 0.25) is 0 Å². The lowest BCUT2D eigenvalue weighted by molar-refractivity contribution is -0.115. The fourth-order valence-corrected chi connectivity index (χ4v) is 7.00. The highest BCUT2D eigenvalue weighted by molar-refractivity contribution is 6.55. The molecule has 0 aromatic heterocycles. The zero-order chi connectivity index (χ0) is 40.2. The van der Waals surface area contributed by atoms with Crippen LogP contribution in [-0.2, 0) is 35.3 Å². The van der Waals surface area contributed by atoms with Crippen molar-refractivity contribution in [2.24, 2.45) is 0 Å². The first-order valence-electron chi connectivity index (χ1n) is 19.3. The molecule has 8 nitrogen and oxygen atoms in total. The number of hydrogen-bond donors (Lipinski definition) is 2. The molecule has 2 N–H and O–H groups in total. The normalized spacial score (nSPS) is 12.3. The zero-order valence-electron chi connectivity index (χ0n) is 32.4. The van der Waals surface area contributed by atoms with Crippen LogP contribution < -0.4 is 29.6 Å². The molecule has 300 valence electrons. The maximum atomic E-state index is 12.9. The number of rotatable bonds is 16. The fraction of sp³-hybridized carbons (Fsp3) is 0.409. The van der Waals surface area contributed by atoms with Crippen molar-refractivity contribution in [1.29, 1.82) is 0 Å². The highest BCUT2D eigenvalue weighted by Gasteiger charge is 2.24. The molecule has 0 spiro atoms. The van der Waals surface area contributed by atoms with E-state index in [0.29, 0.717) is 63.5 Å². The highest BCUT2D eigenvalue weighted by atomic mass is 35.5. The third-order valence-corrected chi connectivity index (χ3v) is 9.89. The van der Waals surface area contributed by atoms with E-state index in [1.54, 1.807) is 0 Å². The topological polar surface area (TPSA) is 95.1 Å². The van der Waals surface area contributed by atoms with Gasteiger partial charge in [-0.3, -0.25) is 9.59 Å². The standard InChI is InChI=1S/C44H50Cl4N2O6/c1-5-15-53-37-27-11-9-12-28(37)20-32-24-36(50-44(52)42(47)48)26-34(40(32)56-18-8-4)22-30-14-10-13-29(38(30)54-16-6-2)21-33-25-35(49-43(51)41(45)46)23-31(19-27)39(33)55-17-7-3/h9-14,23-26,41-42H,5-8,15-22H2,1-4H3,(H,49,51)(H,50,52). The second kappa shape index (κ2) is 21.1. The Morgan fingerprint density at radius 1 is 0.482 bits per heavy atom. The average molecular weight is 845 g/mol. The second-order valence-electron chi connectivity index (χ2n) is 13.7. The number of nitrogens with one attached hydrogen (secondary N) is 2. The number of ether oxygens (including phenoxy) is 4. The summed E-state index contributed by atoms with van der Waals surface area (Å²) in [4.78, 5) is 23.2. The lowest BCUT2D eigenvalue weighted by atomic mass is 9.90. The van der Waals surface area contributed by atoms with Gasteiger partial charge >= 0.3 is 0 Å². The molecule has 0 saturated carbocycles. The number of anilines is 2. The van der Waals surface area contributed by atoms with Crippen LogP contribution in [0.2, 0.25) is 0 Å². The van der Waals surface area contributed by atoms with E-state index in [1.807, 2.05) is 36.4 Å². The van der Waals surface area contributed by atoms with Gasteiger partial charge in [0.1, 0.15) is 23.0 Å². The number of hydrogen-bond acceptors (Lipinski definition) is 6. The van der Waals surface area contributed by atoms with Gasteiger partial charge in [0.25, 0.3) is 11.8 Å². The Morgan fingerprint density at radius 2 is 0.732 bits per heavy atom. The van der Waals surface area contributed by atoms with Crippen molar-refractivity contribution in [2.45, 2.75) is 88.7 Å². The number of para-hydroxylation sites is 2. The largest absolute Gasteiger partial charge is 0.493 e. The van der Waals surface area contributed by atoms with Crippen molar-refractivity contribution in [1.82, 2.24) is 0 Å². The van der Waals surface area contributed by atoms with Gasteiger partial charge in [-0.1, -0.05) is 110 Å². The van der Waals surface area contributed by atoms with Crippen molar-refractivity contribution in [3.8, 4) is 23.0 Å². The molecule has 5 rings (SSSR count). The summed E-state index contributed by atoms with van der Waals surface area (Å²) < 4.78 is 26.3. The van der Waals surface area contributed by atoms with Gasteiger partial charge in [-0.15, -0.1) is 0 Å². The molecule has 0 unspecified atom stereocenters. The quantitative estimate of drug-likeness (QED) is 0.0961. The Hall–Kier alpha value is -3.82. The first-order valence-corrected chi connectivity index (χ1v) is 21.0. The summed E-state index contributed by atoms with van der Waals surface area (Å²) in [5.74, 6) is 1.93. The molecule has 8 bridgehead atoms.